The lowest BCUT2D eigenvalue weighted by atomic mass is 10.0. The molecule has 4 aromatic carbocycles. The van der Waals surface area contributed by atoms with Gasteiger partial charge in [0.25, 0.3) is 11.8 Å². The van der Waals surface area contributed by atoms with Crippen LogP contribution in [0.4, 0.5) is 0 Å². The Kier molecular flexibility index (Phi) is 14.7. The summed E-state index contributed by atoms with van der Waals surface area (Å²) in [5.74, 6) is 3.52. The molecule has 4 aromatic rings. The third kappa shape index (κ3) is 9.43. The van der Waals surface area contributed by atoms with Gasteiger partial charge in [-0.15, -0.1) is 12.4 Å². The lowest BCUT2D eigenvalue weighted by Crippen LogP contribution is -2.50. The molecular formula is C43H53ClN4O8. The minimum absolute atomic E-state index is 0. The molecule has 0 radical (unpaired) electrons. The van der Waals surface area contributed by atoms with Gasteiger partial charge in [0.15, 0.2) is 23.0 Å². The van der Waals surface area contributed by atoms with Crippen LogP contribution in [0.2, 0.25) is 0 Å². The molecule has 300 valence electrons. The van der Waals surface area contributed by atoms with E-state index < -0.39 is 0 Å². The second kappa shape index (κ2) is 19.6. The minimum atomic E-state index is 0. The molecule has 2 heterocycles. The van der Waals surface area contributed by atoms with Crippen LogP contribution in [0.1, 0.15) is 27.1 Å². The van der Waals surface area contributed by atoms with Gasteiger partial charge in [-0.1, -0.05) is 24.3 Å². The van der Waals surface area contributed by atoms with Gasteiger partial charge in [0.05, 0.1) is 42.7 Å². The molecule has 0 atom stereocenters. The van der Waals surface area contributed by atoms with E-state index in [2.05, 4.69) is 9.80 Å². The molecule has 2 aliphatic heterocycles. The van der Waals surface area contributed by atoms with E-state index in [1.165, 1.54) is 0 Å². The molecule has 0 spiro atoms. The summed E-state index contributed by atoms with van der Waals surface area (Å²) in [6.07, 6.45) is 1.05. The van der Waals surface area contributed by atoms with Crippen molar-refractivity contribution in [1.29, 1.82) is 0 Å². The van der Waals surface area contributed by atoms with E-state index in [1.807, 2.05) is 82.6 Å². The van der Waals surface area contributed by atoms with E-state index in [0.717, 1.165) is 67.9 Å². The molecular weight excluding hydrogens is 736 g/mol. The zero-order valence-electron chi connectivity index (χ0n) is 33.2. The van der Waals surface area contributed by atoms with Crippen LogP contribution in [0.5, 0.6) is 34.5 Å². The standard InChI is InChI=1S/C43H52N4O8.ClH/c1-50-36-26-34(27-37(51-2)40(36)54-5)30-8-12-32(13-9-30)42(48)46-22-18-44(19-23-46)16-7-17-45-20-24-47(25-21-45)43(49)33-14-10-31(11-15-33)35-28-38(52-3)41(55-6)39(29-35)53-4;/h8-15,26-29H,7,16-25H2,1-6H3;1H. The normalized spacial score (nSPS) is 14.8. The zero-order valence-corrected chi connectivity index (χ0v) is 34.0. The van der Waals surface area contributed by atoms with E-state index >= 15 is 0 Å². The molecule has 56 heavy (non-hydrogen) atoms. The monoisotopic (exact) mass is 788 g/mol. The fourth-order valence-electron chi connectivity index (χ4n) is 7.34. The van der Waals surface area contributed by atoms with Gasteiger partial charge in [0.1, 0.15) is 0 Å². The number of methoxy groups -OCH3 is 6. The molecule has 2 aliphatic rings. The molecule has 6 rings (SSSR count). The maximum Gasteiger partial charge on any atom is 0.253 e. The van der Waals surface area contributed by atoms with Crippen LogP contribution >= 0.6 is 12.4 Å². The number of hydrogen-bond acceptors (Lipinski definition) is 10. The first-order valence-corrected chi connectivity index (χ1v) is 18.6. The van der Waals surface area contributed by atoms with Crippen LogP contribution in [-0.4, -0.2) is 140 Å². The van der Waals surface area contributed by atoms with Crippen LogP contribution in [0.3, 0.4) is 0 Å². The fourth-order valence-corrected chi connectivity index (χ4v) is 7.34. The molecule has 0 N–H and O–H groups in total. The third-order valence-electron chi connectivity index (χ3n) is 10.5. The van der Waals surface area contributed by atoms with Crippen molar-refractivity contribution in [2.24, 2.45) is 0 Å². The summed E-state index contributed by atoms with van der Waals surface area (Å²) >= 11 is 0. The summed E-state index contributed by atoms with van der Waals surface area (Å²) in [6, 6.07) is 23.0. The quantitative estimate of drug-likeness (QED) is 0.149. The van der Waals surface area contributed by atoms with Gasteiger partial charge in [-0.25, -0.2) is 0 Å². The highest BCUT2D eigenvalue weighted by Gasteiger charge is 2.25. The lowest BCUT2D eigenvalue weighted by molar-refractivity contribution is 0.0606. The first kappa shape index (κ1) is 42.0. The largest absolute Gasteiger partial charge is 0.493 e. The minimum Gasteiger partial charge on any atom is -0.493 e. The van der Waals surface area contributed by atoms with Crippen LogP contribution in [0.25, 0.3) is 22.3 Å². The predicted octanol–water partition coefficient (Wildman–Crippen LogP) is 6.10. The number of rotatable bonds is 14. The maximum absolute atomic E-state index is 13.4. The molecule has 0 aromatic heterocycles. The number of nitrogens with zero attached hydrogens (tertiary/aromatic N) is 4. The molecule has 2 saturated heterocycles. The van der Waals surface area contributed by atoms with Gasteiger partial charge in [-0.2, -0.15) is 0 Å². The van der Waals surface area contributed by atoms with E-state index in [-0.39, 0.29) is 24.2 Å². The van der Waals surface area contributed by atoms with Gasteiger partial charge in [-0.05, 0) is 90.3 Å². The van der Waals surface area contributed by atoms with Crippen LogP contribution < -0.4 is 28.4 Å². The SMILES string of the molecule is COc1cc(-c2ccc(C(=O)N3CCN(CCCN4CCN(C(=O)c5ccc(-c6cc(OC)c(OC)c(OC)c6)cc5)CC4)CC3)cc2)cc(OC)c1OC.Cl. The predicted molar refractivity (Wildman–Crippen MR) is 220 cm³/mol. The van der Waals surface area contributed by atoms with E-state index in [0.29, 0.717) is 71.8 Å². The summed E-state index contributed by atoms with van der Waals surface area (Å²) in [7, 11) is 9.55. The van der Waals surface area contributed by atoms with Crippen molar-refractivity contribution in [3.05, 3.63) is 83.9 Å². The Morgan fingerprint density at radius 1 is 0.446 bits per heavy atom. The Bertz CT molecular complexity index is 1740. The van der Waals surface area contributed by atoms with E-state index in [9.17, 15) is 9.59 Å². The van der Waals surface area contributed by atoms with Gasteiger partial charge >= 0.3 is 0 Å². The Morgan fingerprint density at radius 2 is 0.750 bits per heavy atom. The van der Waals surface area contributed by atoms with Crippen molar-refractivity contribution in [1.82, 2.24) is 19.6 Å². The Morgan fingerprint density at radius 3 is 1.02 bits per heavy atom. The van der Waals surface area contributed by atoms with Crippen molar-refractivity contribution in [3.8, 4) is 56.8 Å². The molecule has 2 amide bonds. The second-order valence-corrected chi connectivity index (χ2v) is 13.6. The van der Waals surface area contributed by atoms with Crippen molar-refractivity contribution >= 4 is 24.2 Å². The van der Waals surface area contributed by atoms with E-state index in [1.54, 1.807) is 42.7 Å². The fraction of sp³-hybridized carbons (Fsp3) is 0.395. The number of halogens is 1. The number of amides is 2. The number of carbonyl (C=O) groups is 2. The maximum atomic E-state index is 13.4. The number of piperazine rings is 2. The average Bonchev–Trinajstić information content (AvgIpc) is 3.25. The summed E-state index contributed by atoms with van der Waals surface area (Å²) in [5, 5.41) is 0. The van der Waals surface area contributed by atoms with Crippen molar-refractivity contribution < 1.29 is 38.0 Å². The number of hydrogen-bond donors (Lipinski definition) is 0. The average molecular weight is 789 g/mol. The molecule has 0 aliphatic carbocycles. The number of ether oxygens (including phenoxy) is 6. The first-order valence-electron chi connectivity index (χ1n) is 18.6. The molecule has 2 fully saturated rings. The van der Waals surface area contributed by atoms with Crippen LogP contribution in [0.15, 0.2) is 72.8 Å². The van der Waals surface area contributed by atoms with Gasteiger partial charge in [-0.3, -0.25) is 19.4 Å². The Labute approximate surface area is 336 Å². The number of carbonyl (C=O) groups excluding carboxylic acids is 2. The van der Waals surface area contributed by atoms with Crippen LogP contribution in [-0.2, 0) is 0 Å². The highest BCUT2D eigenvalue weighted by Crippen LogP contribution is 2.42. The Hall–Kier alpha value is -5.17. The topological polar surface area (TPSA) is 102 Å². The highest BCUT2D eigenvalue weighted by molar-refractivity contribution is 5.95. The van der Waals surface area contributed by atoms with Gasteiger partial charge in [0.2, 0.25) is 11.5 Å². The van der Waals surface area contributed by atoms with Gasteiger partial charge in [0, 0.05) is 63.5 Å². The highest BCUT2D eigenvalue weighted by atomic mass is 35.5. The van der Waals surface area contributed by atoms with Crippen LogP contribution in [0, 0.1) is 0 Å². The second-order valence-electron chi connectivity index (χ2n) is 13.6. The molecule has 12 nitrogen and oxygen atoms in total. The molecule has 0 saturated carbocycles. The first-order chi connectivity index (χ1) is 26.8. The van der Waals surface area contributed by atoms with Crippen molar-refractivity contribution in [2.75, 3.05) is 108 Å². The summed E-state index contributed by atoms with van der Waals surface area (Å²) in [5.41, 5.74) is 5.08. The molecule has 0 bridgehead atoms. The molecule has 13 heteroatoms. The van der Waals surface area contributed by atoms with Crippen molar-refractivity contribution in [3.63, 3.8) is 0 Å². The molecule has 0 unspecified atom stereocenters. The van der Waals surface area contributed by atoms with E-state index in [4.69, 9.17) is 28.4 Å². The third-order valence-corrected chi connectivity index (χ3v) is 10.5. The van der Waals surface area contributed by atoms with Crippen molar-refractivity contribution in [2.45, 2.75) is 6.42 Å². The zero-order chi connectivity index (χ0) is 38.9. The number of benzene rings is 4. The summed E-state index contributed by atoms with van der Waals surface area (Å²) in [6.45, 7) is 8.23. The smallest absolute Gasteiger partial charge is 0.253 e. The Balaban J connectivity index is 0.00000600. The summed E-state index contributed by atoms with van der Waals surface area (Å²) in [4.78, 5) is 35.5. The summed E-state index contributed by atoms with van der Waals surface area (Å²) < 4.78 is 32.9. The van der Waals surface area contributed by atoms with Gasteiger partial charge < -0.3 is 38.2 Å². The lowest BCUT2D eigenvalue weighted by Gasteiger charge is -2.37.